The molecule has 2 atom stereocenters. The summed E-state index contributed by atoms with van der Waals surface area (Å²) in [6, 6.07) is 16.7. The molecular formula is C30H39FN4O. The third kappa shape index (κ3) is 5.98. The minimum absolute atomic E-state index is 0.105. The van der Waals surface area contributed by atoms with Crippen molar-refractivity contribution in [2.45, 2.75) is 52.1 Å². The number of ether oxygens (including phenoxy) is 1. The molecule has 5 nitrogen and oxygen atoms in total. The van der Waals surface area contributed by atoms with Gasteiger partial charge < -0.3 is 15.0 Å². The van der Waals surface area contributed by atoms with Crippen LogP contribution in [-0.4, -0.2) is 61.3 Å². The largest absolute Gasteiger partial charge is 0.492 e. The van der Waals surface area contributed by atoms with Crippen LogP contribution < -0.4 is 15.0 Å². The Morgan fingerprint density at radius 2 is 1.81 bits per heavy atom. The van der Waals surface area contributed by atoms with E-state index in [1.165, 1.54) is 18.4 Å². The Kier molecular flexibility index (Phi) is 7.73. The number of nitrogens with one attached hydrogen (secondary N) is 1. The van der Waals surface area contributed by atoms with Gasteiger partial charge in [0.05, 0.1) is 11.2 Å². The number of aromatic nitrogens is 1. The Bertz CT molecular complexity index is 1170. The van der Waals surface area contributed by atoms with Crippen molar-refractivity contribution in [1.82, 2.24) is 15.2 Å². The standard InChI is InChI=1S/C30H39FN4O/c1-21-7-9-26-28(33-21)5-4-6-30(26)36-16-15-34-13-11-24(12-14-34)17-25-8-10-27(31)29(18-25)35-19-22(2)32-23(3)20-35/h4-10,18,22-24,32H,11-17,19-20H2,1-3H3. The molecule has 2 aliphatic rings. The van der Waals surface area contributed by atoms with Gasteiger partial charge in [0.1, 0.15) is 18.2 Å². The van der Waals surface area contributed by atoms with Crippen LogP contribution in [0.15, 0.2) is 48.5 Å². The molecule has 0 spiro atoms. The maximum absolute atomic E-state index is 14.7. The lowest BCUT2D eigenvalue weighted by Gasteiger charge is -2.38. The summed E-state index contributed by atoms with van der Waals surface area (Å²) >= 11 is 0. The molecule has 2 fully saturated rings. The number of likely N-dealkylation sites (tertiary alicyclic amines) is 1. The Morgan fingerprint density at radius 1 is 1.03 bits per heavy atom. The molecule has 2 aromatic carbocycles. The molecule has 3 heterocycles. The van der Waals surface area contributed by atoms with Crippen molar-refractivity contribution >= 4 is 16.6 Å². The average Bonchev–Trinajstić information content (AvgIpc) is 2.85. The second-order valence-corrected chi connectivity index (χ2v) is 10.8. The molecular weight excluding hydrogens is 451 g/mol. The zero-order valence-electron chi connectivity index (χ0n) is 21.8. The van der Waals surface area contributed by atoms with Crippen LogP contribution in [0, 0.1) is 18.7 Å². The van der Waals surface area contributed by atoms with Crippen LogP contribution in [0.25, 0.3) is 10.9 Å². The molecule has 0 amide bonds. The SMILES string of the molecule is Cc1ccc2c(OCCN3CCC(Cc4ccc(F)c(N5CC(C)NC(C)C5)c4)CC3)cccc2n1. The maximum atomic E-state index is 14.7. The van der Waals surface area contributed by atoms with Gasteiger partial charge in [-0.05, 0) is 101 Å². The van der Waals surface area contributed by atoms with E-state index in [0.717, 1.165) is 67.2 Å². The van der Waals surface area contributed by atoms with Gasteiger partial charge in [0.25, 0.3) is 0 Å². The van der Waals surface area contributed by atoms with Gasteiger partial charge in [-0.1, -0.05) is 12.1 Å². The van der Waals surface area contributed by atoms with E-state index in [0.29, 0.717) is 24.6 Å². The summed E-state index contributed by atoms with van der Waals surface area (Å²) in [6.45, 7) is 11.8. The predicted octanol–water partition coefficient (Wildman–Crippen LogP) is 5.20. The lowest BCUT2D eigenvalue weighted by molar-refractivity contribution is 0.155. The van der Waals surface area contributed by atoms with Crippen molar-refractivity contribution in [2.24, 2.45) is 5.92 Å². The molecule has 3 aromatic rings. The first-order valence-electron chi connectivity index (χ1n) is 13.5. The summed E-state index contributed by atoms with van der Waals surface area (Å²) < 4.78 is 20.9. The molecule has 0 aliphatic carbocycles. The fourth-order valence-electron chi connectivity index (χ4n) is 5.84. The van der Waals surface area contributed by atoms with E-state index in [9.17, 15) is 4.39 Å². The first kappa shape index (κ1) is 25.0. The van der Waals surface area contributed by atoms with Gasteiger partial charge in [0, 0.05) is 42.8 Å². The van der Waals surface area contributed by atoms with Gasteiger partial charge in [-0.3, -0.25) is 9.88 Å². The second-order valence-electron chi connectivity index (χ2n) is 10.8. The zero-order valence-corrected chi connectivity index (χ0v) is 21.8. The molecule has 6 heteroatoms. The van der Waals surface area contributed by atoms with Crippen LogP contribution in [0.5, 0.6) is 5.75 Å². The van der Waals surface area contributed by atoms with E-state index in [4.69, 9.17) is 4.74 Å². The number of nitrogens with zero attached hydrogens (tertiary/aromatic N) is 3. The minimum atomic E-state index is -0.105. The van der Waals surface area contributed by atoms with Crippen LogP contribution >= 0.6 is 0 Å². The number of hydrogen-bond acceptors (Lipinski definition) is 5. The van der Waals surface area contributed by atoms with Crippen LogP contribution in [0.3, 0.4) is 0 Å². The van der Waals surface area contributed by atoms with E-state index in [2.05, 4.69) is 46.1 Å². The van der Waals surface area contributed by atoms with Crippen molar-refractivity contribution in [1.29, 1.82) is 0 Å². The van der Waals surface area contributed by atoms with Crippen LogP contribution in [0.1, 0.15) is 37.9 Å². The smallest absolute Gasteiger partial charge is 0.146 e. The molecule has 0 radical (unpaired) electrons. The highest BCUT2D eigenvalue weighted by molar-refractivity contribution is 5.85. The number of halogens is 1. The fourth-order valence-corrected chi connectivity index (χ4v) is 5.84. The molecule has 2 saturated heterocycles. The van der Waals surface area contributed by atoms with Gasteiger partial charge in [-0.25, -0.2) is 4.39 Å². The highest BCUT2D eigenvalue weighted by atomic mass is 19.1. The number of pyridine rings is 1. The van der Waals surface area contributed by atoms with Gasteiger partial charge >= 0.3 is 0 Å². The van der Waals surface area contributed by atoms with Crippen LogP contribution in [0.4, 0.5) is 10.1 Å². The van der Waals surface area contributed by atoms with Crippen LogP contribution in [-0.2, 0) is 6.42 Å². The van der Waals surface area contributed by atoms with Crippen molar-refractivity contribution in [3.05, 3.63) is 65.6 Å². The summed E-state index contributed by atoms with van der Waals surface area (Å²) in [4.78, 5) is 9.32. The molecule has 2 aliphatic heterocycles. The molecule has 192 valence electrons. The highest BCUT2D eigenvalue weighted by Crippen LogP contribution is 2.28. The monoisotopic (exact) mass is 490 g/mol. The quantitative estimate of drug-likeness (QED) is 0.493. The summed E-state index contributed by atoms with van der Waals surface area (Å²) in [5.41, 5.74) is 4.03. The first-order chi connectivity index (χ1) is 17.4. The third-order valence-corrected chi connectivity index (χ3v) is 7.64. The van der Waals surface area contributed by atoms with Crippen molar-refractivity contribution < 1.29 is 9.13 Å². The van der Waals surface area contributed by atoms with Gasteiger partial charge in [0.2, 0.25) is 0 Å². The lowest BCUT2D eigenvalue weighted by atomic mass is 9.90. The number of benzene rings is 2. The zero-order chi connectivity index (χ0) is 25.1. The number of hydrogen-bond donors (Lipinski definition) is 1. The first-order valence-corrected chi connectivity index (χ1v) is 13.5. The molecule has 36 heavy (non-hydrogen) atoms. The van der Waals surface area contributed by atoms with E-state index in [1.807, 2.05) is 37.3 Å². The van der Waals surface area contributed by atoms with Gasteiger partial charge in [-0.2, -0.15) is 0 Å². The molecule has 0 bridgehead atoms. The van der Waals surface area contributed by atoms with E-state index in [1.54, 1.807) is 6.07 Å². The van der Waals surface area contributed by atoms with Gasteiger partial charge in [-0.15, -0.1) is 0 Å². The number of aryl methyl sites for hydroxylation is 1. The number of piperidine rings is 1. The molecule has 0 saturated carbocycles. The van der Waals surface area contributed by atoms with Crippen molar-refractivity contribution in [3.63, 3.8) is 0 Å². The molecule has 1 aromatic heterocycles. The molecule has 2 unspecified atom stereocenters. The Hall–Kier alpha value is -2.70. The number of fused-ring (bicyclic) bond motifs is 1. The lowest BCUT2D eigenvalue weighted by Crippen LogP contribution is -2.54. The summed E-state index contributed by atoms with van der Waals surface area (Å²) in [7, 11) is 0. The Labute approximate surface area is 214 Å². The third-order valence-electron chi connectivity index (χ3n) is 7.64. The second kappa shape index (κ2) is 11.1. The summed E-state index contributed by atoms with van der Waals surface area (Å²) in [6.07, 6.45) is 3.37. The Balaban J connectivity index is 1.11. The molecule has 5 rings (SSSR count). The number of rotatable bonds is 7. The van der Waals surface area contributed by atoms with E-state index >= 15 is 0 Å². The molecule has 1 N–H and O–H groups in total. The average molecular weight is 491 g/mol. The number of anilines is 1. The summed E-state index contributed by atoms with van der Waals surface area (Å²) in [5, 5.41) is 4.61. The minimum Gasteiger partial charge on any atom is -0.492 e. The number of piperazine rings is 1. The van der Waals surface area contributed by atoms with Gasteiger partial charge in [0.15, 0.2) is 0 Å². The fraction of sp³-hybridized carbons (Fsp3) is 0.500. The Morgan fingerprint density at radius 3 is 2.58 bits per heavy atom. The maximum Gasteiger partial charge on any atom is 0.146 e. The van der Waals surface area contributed by atoms with Crippen molar-refractivity contribution in [2.75, 3.05) is 44.2 Å². The normalized spacial score (nSPS) is 21.7. The topological polar surface area (TPSA) is 40.6 Å². The van der Waals surface area contributed by atoms with Crippen molar-refractivity contribution in [3.8, 4) is 5.75 Å². The summed E-state index contributed by atoms with van der Waals surface area (Å²) in [5.74, 6) is 1.45. The predicted molar refractivity (Wildman–Crippen MR) is 146 cm³/mol. The van der Waals surface area contributed by atoms with E-state index in [-0.39, 0.29) is 5.82 Å². The van der Waals surface area contributed by atoms with E-state index < -0.39 is 0 Å². The van der Waals surface area contributed by atoms with Crippen LogP contribution in [0.2, 0.25) is 0 Å². The highest BCUT2D eigenvalue weighted by Gasteiger charge is 2.24.